The first-order valence-corrected chi connectivity index (χ1v) is 9.45. The smallest absolute Gasteiger partial charge is 0.134 e. The Morgan fingerprint density at radius 1 is 1.09 bits per heavy atom. The normalized spacial score (nSPS) is 23.8. The number of rotatable bonds is 3. The first-order chi connectivity index (χ1) is 10.8. The fraction of sp³-hybridized carbons (Fsp3) is 0.368. The molecule has 1 fully saturated rings. The Bertz CT molecular complexity index is 721. The van der Waals surface area contributed by atoms with E-state index in [1.165, 1.54) is 11.1 Å². The van der Waals surface area contributed by atoms with E-state index >= 15 is 0 Å². The minimum atomic E-state index is -0.353. The van der Waals surface area contributed by atoms with Crippen LogP contribution in [0.5, 0.6) is 0 Å². The van der Waals surface area contributed by atoms with Crippen LogP contribution in [0.3, 0.4) is 0 Å². The summed E-state index contributed by atoms with van der Waals surface area (Å²) in [6, 6.07) is 14.2. The van der Waals surface area contributed by atoms with Gasteiger partial charge in [-0.1, -0.05) is 90.2 Å². The molecule has 2 aromatic carbocycles. The van der Waals surface area contributed by atoms with Gasteiger partial charge in [-0.3, -0.25) is 0 Å². The Kier molecular flexibility index (Phi) is 4.57. The second-order valence-electron chi connectivity index (χ2n) is 7.01. The molecule has 0 amide bonds. The van der Waals surface area contributed by atoms with Gasteiger partial charge in [-0.15, -0.1) is 0 Å². The van der Waals surface area contributed by atoms with Crippen molar-refractivity contribution in [3.8, 4) is 0 Å². The van der Waals surface area contributed by atoms with Gasteiger partial charge < -0.3 is 4.74 Å². The highest BCUT2D eigenvalue weighted by Gasteiger charge is 2.58. The summed E-state index contributed by atoms with van der Waals surface area (Å²) >= 11 is 15.9. The molecule has 0 bridgehead atoms. The van der Waals surface area contributed by atoms with Crippen LogP contribution in [0.4, 0.5) is 0 Å². The molecule has 2 atom stereocenters. The van der Waals surface area contributed by atoms with Gasteiger partial charge in [-0.05, 0) is 28.7 Å². The van der Waals surface area contributed by atoms with Crippen LogP contribution in [-0.4, -0.2) is 5.33 Å². The number of hydrogen-bond acceptors (Lipinski definition) is 1. The molecule has 3 rings (SSSR count). The second kappa shape index (κ2) is 6.07. The highest BCUT2D eigenvalue weighted by molar-refractivity contribution is 9.09. The molecule has 122 valence electrons. The molecule has 0 aromatic heterocycles. The number of epoxide rings is 1. The lowest BCUT2D eigenvalue weighted by Crippen LogP contribution is -2.14. The molecule has 1 heterocycles. The maximum absolute atomic E-state index is 6.34. The summed E-state index contributed by atoms with van der Waals surface area (Å²) in [6.45, 7) is 6.64. The van der Waals surface area contributed by atoms with Gasteiger partial charge in [0.15, 0.2) is 0 Å². The van der Waals surface area contributed by atoms with Crippen LogP contribution in [0.15, 0.2) is 42.5 Å². The van der Waals surface area contributed by atoms with Gasteiger partial charge in [-0.25, -0.2) is 0 Å². The van der Waals surface area contributed by atoms with E-state index in [1.807, 2.05) is 12.1 Å². The second-order valence-corrected chi connectivity index (χ2v) is 8.42. The fourth-order valence-corrected chi connectivity index (χ4v) is 4.11. The highest BCUT2D eigenvalue weighted by Crippen LogP contribution is 2.59. The molecule has 0 N–H and O–H groups in total. The minimum absolute atomic E-state index is 0.0490. The number of benzene rings is 2. The lowest BCUT2D eigenvalue weighted by molar-refractivity contribution is 0.318. The quantitative estimate of drug-likeness (QED) is 0.405. The van der Waals surface area contributed by atoms with Crippen LogP contribution in [-0.2, 0) is 15.8 Å². The third kappa shape index (κ3) is 3.19. The van der Waals surface area contributed by atoms with Crippen molar-refractivity contribution < 1.29 is 4.74 Å². The maximum atomic E-state index is 6.34. The summed E-state index contributed by atoms with van der Waals surface area (Å²) in [5.41, 5.74) is 3.25. The van der Waals surface area contributed by atoms with Gasteiger partial charge >= 0.3 is 0 Å². The molecule has 1 aliphatic heterocycles. The van der Waals surface area contributed by atoms with Crippen LogP contribution in [0.2, 0.25) is 10.0 Å². The van der Waals surface area contributed by atoms with Gasteiger partial charge in [0.25, 0.3) is 0 Å². The van der Waals surface area contributed by atoms with Crippen molar-refractivity contribution in [3.63, 3.8) is 0 Å². The van der Waals surface area contributed by atoms with E-state index in [2.05, 4.69) is 61.0 Å². The van der Waals surface area contributed by atoms with Gasteiger partial charge in [0.2, 0.25) is 0 Å². The molecule has 0 aliphatic carbocycles. The molecule has 0 saturated carbocycles. The van der Waals surface area contributed by atoms with Crippen molar-refractivity contribution in [2.75, 3.05) is 5.33 Å². The van der Waals surface area contributed by atoms with E-state index in [1.54, 1.807) is 6.07 Å². The Labute approximate surface area is 156 Å². The van der Waals surface area contributed by atoms with E-state index in [0.29, 0.717) is 10.0 Å². The number of ether oxygens (including phenoxy) is 1. The summed E-state index contributed by atoms with van der Waals surface area (Å²) in [5.74, 6) is 0. The molecule has 1 saturated heterocycles. The molecule has 2 aromatic rings. The highest BCUT2D eigenvalue weighted by atomic mass is 79.9. The van der Waals surface area contributed by atoms with E-state index in [4.69, 9.17) is 27.9 Å². The van der Waals surface area contributed by atoms with Gasteiger partial charge in [0.1, 0.15) is 11.7 Å². The molecule has 1 nitrogen and oxygen atoms in total. The van der Waals surface area contributed by atoms with Gasteiger partial charge in [0.05, 0.1) is 0 Å². The molecular weight excluding hydrogens is 395 g/mol. The summed E-state index contributed by atoms with van der Waals surface area (Å²) in [7, 11) is 0. The van der Waals surface area contributed by atoms with Crippen molar-refractivity contribution in [2.24, 2.45) is 0 Å². The zero-order valence-electron chi connectivity index (χ0n) is 13.4. The molecule has 2 unspecified atom stereocenters. The third-order valence-electron chi connectivity index (χ3n) is 4.38. The number of halogens is 3. The van der Waals surface area contributed by atoms with E-state index in [9.17, 15) is 0 Å². The van der Waals surface area contributed by atoms with Crippen LogP contribution in [0, 0.1) is 0 Å². The summed E-state index contributed by atoms with van der Waals surface area (Å²) < 4.78 is 6.10. The molecular formula is C19H19BrCl2O. The zero-order chi connectivity index (χ0) is 16.8. The third-order valence-corrected chi connectivity index (χ3v) is 5.77. The van der Waals surface area contributed by atoms with Crippen LogP contribution >= 0.6 is 39.1 Å². The fourth-order valence-electron chi connectivity index (χ4n) is 2.86. The Morgan fingerprint density at radius 3 is 2.26 bits per heavy atom. The Balaban J connectivity index is 1.92. The van der Waals surface area contributed by atoms with E-state index in [-0.39, 0.29) is 17.1 Å². The van der Waals surface area contributed by atoms with Crippen molar-refractivity contribution in [1.82, 2.24) is 0 Å². The lowest BCUT2D eigenvalue weighted by Gasteiger charge is -2.20. The first-order valence-electron chi connectivity index (χ1n) is 7.58. The van der Waals surface area contributed by atoms with Crippen molar-refractivity contribution in [2.45, 2.75) is 37.9 Å². The monoisotopic (exact) mass is 412 g/mol. The molecule has 1 aliphatic rings. The molecule has 0 spiro atoms. The first kappa shape index (κ1) is 17.3. The standard InChI is InChI=1S/C19H19BrCl2O/c1-18(2,3)12-4-6-13(7-5-12)19(11-20)17(23-19)15-9-8-14(21)10-16(15)22/h4-10,17H,11H2,1-3H3. The molecule has 0 radical (unpaired) electrons. The minimum Gasteiger partial charge on any atom is -0.355 e. The zero-order valence-corrected chi connectivity index (χ0v) is 16.5. The van der Waals surface area contributed by atoms with E-state index in [0.717, 1.165) is 10.9 Å². The predicted octanol–water partition coefficient (Wildman–Crippen LogP) is 6.65. The predicted molar refractivity (Wildman–Crippen MR) is 101 cm³/mol. The Hall–Kier alpha value is -0.540. The SMILES string of the molecule is CC(C)(C)c1ccc(C2(CBr)OC2c2ccc(Cl)cc2Cl)cc1. The van der Waals surface area contributed by atoms with Gasteiger partial charge in [0, 0.05) is 20.9 Å². The average molecular weight is 414 g/mol. The van der Waals surface area contributed by atoms with Crippen molar-refractivity contribution >= 4 is 39.1 Å². The number of hydrogen-bond donors (Lipinski definition) is 0. The summed E-state index contributed by atoms with van der Waals surface area (Å²) in [4.78, 5) is 0. The van der Waals surface area contributed by atoms with Gasteiger partial charge in [-0.2, -0.15) is 0 Å². The molecule has 4 heteroatoms. The lowest BCUT2D eigenvalue weighted by atomic mass is 9.85. The average Bonchev–Trinajstić information content (AvgIpc) is 3.22. The maximum Gasteiger partial charge on any atom is 0.134 e. The van der Waals surface area contributed by atoms with Crippen LogP contribution in [0.1, 0.15) is 43.6 Å². The Morgan fingerprint density at radius 2 is 1.74 bits per heavy atom. The van der Waals surface area contributed by atoms with Crippen molar-refractivity contribution in [1.29, 1.82) is 0 Å². The largest absolute Gasteiger partial charge is 0.355 e. The summed E-state index contributed by atoms with van der Waals surface area (Å²) in [6.07, 6.45) is -0.0490. The summed E-state index contributed by atoms with van der Waals surface area (Å²) in [5, 5.41) is 2.01. The molecule has 23 heavy (non-hydrogen) atoms. The number of alkyl halides is 1. The van der Waals surface area contributed by atoms with Crippen LogP contribution in [0.25, 0.3) is 0 Å². The van der Waals surface area contributed by atoms with Crippen LogP contribution < -0.4 is 0 Å². The topological polar surface area (TPSA) is 12.5 Å². The van der Waals surface area contributed by atoms with Crippen molar-refractivity contribution in [3.05, 3.63) is 69.2 Å². The van der Waals surface area contributed by atoms with E-state index < -0.39 is 0 Å².